The number of aromatic nitrogens is 2. The molecule has 0 spiro atoms. The molecule has 7 nitrogen and oxygen atoms in total. The summed E-state index contributed by atoms with van der Waals surface area (Å²) in [4.78, 5) is 19.7. The summed E-state index contributed by atoms with van der Waals surface area (Å²) in [6.45, 7) is 6.10. The number of hydrogen-bond donors (Lipinski definition) is 3. The summed E-state index contributed by atoms with van der Waals surface area (Å²) in [5.74, 6) is 0.476. The van der Waals surface area contributed by atoms with E-state index in [-0.39, 0.29) is 6.04 Å². The summed E-state index contributed by atoms with van der Waals surface area (Å²) in [5.41, 5.74) is 6.53. The topological polar surface area (TPSA) is 88.2 Å². The normalized spacial score (nSPS) is 17.2. The van der Waals surface area contributed by atoms with Crippen LogP contribution in [-0.4, -0.2) is 34.2 Å². The van der Waals surface area contributed by atoms with E-state index < -0.39 is 11.7 Å². The molecule has 0 saturated heterocycles. The highest BCUT2D eigenvalue weighted by atomic mass is 35.5. The van der Waals surface area contributed by atoms with Gasteiger partial charge in [0.2, 0.25) is 0 Å². The number of nitrogens with zero attached hydrogens (tertiary/aromatic N) is 2. The summed E-state index contributed by atoms with van der Waals surface area (Å²) in [5, 5.41) is 3.13. The third kappa shape index (κ3) is 6.17. The van der Waals surface area contributed by atoms with E-state index in [4.69, 9.17) is 16.3 Å². The lowest BCUT2D eigenvalue weighted by atomic mass is 10.0. The maximum atomic E-state index is 11.7. The Morgan fingerprint density at radius 1 is 1.38 bits per heavy atom. The largest absolute Gasteiger partial charge is 0.444 e. The minimum atomic E-state index is -0.499. The van der Waals surface area contributed by atoms with E-state index in [1.54, 1.807) is 6.20 Å². The molecule has 0 aromatic carbocycles. The first-order chi connectivity index (χ1) is 11.3. The van der Waals surface area contributed by atoms with Crippen molar-refractivity contribution in [3.05, 3.63) is 41.3 Å². The Morgan fingerprint density at radius 3 is 2.75 bits per heavy atom. The Kier molecular flexibility index (Phi) is 6.16. The minimum absolute atomic E-state index is 0.0639. The van der Waals surface area contributed by atoms with Crippen molar-refractivity contribution in [2.24, 2.45) is 0 Å². The quantitative estimate of drug-likeness (QED) is 0.707. The van der Waals surface area contributed by atoms with Crippen LogP contribution in [0.5, 0.6) is 0 Å². The van der Waals surface area contributed by atoms with Crippen LogP contribution in [0.25, 0.3) is 0 Å². The molecule has 3 N–H and O–H groups in total. The number of carbonyl (C=O) groups is 1. The zero-order valence-electron chi connectivity index (χ0n) is 14.0. The monoisotopic (exact) mass is 351 g/mol. The van der Waals surface area contributed by atoms with Crippen LogP contribution < -0.4 is 16.2 Å². The van der Waals surface area contributed by atoms with Gasteiger partial charge in [-0.1, -0.05) is 29.8 Å². The average Bonchev–Trinajstić information content (AvgIpc) is 2.49. The molecule has 0 fully saturated rings. The molecule has 1 unspecified atom stereocenters. The molecule has 1 aliphatic rings. The van der Waals surface area contributed by atoms with Crippen LogP contribution in [0.3, 0.4) is 0 Å². The summed E-state index contributed by atoms with van der Waals surface area (Å²) < 4.78 is 5.24. The van der Waals surface area contributed by atoms with Crippen LogP contribution in [-0.2, 0) is 4.74 Å². The lowest BCUT2D eigenvalue weighted by Crippen LogP contribution is -2.38. The molecule has 1 heterocycles. The standard InChI is InChI=1S/C16H22ClN5O2/c1-16(2,3)24-15(23)21-12-6-4-11(5-7-12)10-20-22-14-13(17)18-8-9-19-14/h4-6,8-9,12,20H,7,10H2,1-3H3,(H,19,22)(H,21,23). The van der Waals surface area contributed by atoms with E-state index in [1.165, 1.54) is 6.20 Å². The van der Waals surface area contributed by atoms with Crippen LogP contribution in [0.4, 0.5) is 10.6 Å². The zero-order valence-corrected chi connectivity index (χ0v) is 14.7. The van der Waals surface area contributed by atoms with Crippen LogP contribution in [0.15, 0.2) is 36.2 Å². The Morgan fingerprint density at radius 2 is 2.12 bits per heavy atom. The van der Waals surface area contributed by atoms with Gasteiger partial charge in [-0.2, -0.15) is 0 Å². The highest BCUT2D eigenvalue weighted by Crippen LogP contribution is 2.14. The molecular weight excluding hydrogens is 330 g/mol. The zero-order chi connectivity index (χ0) is 17.6. The van der Waals surface area contributed by atoms with Gasteiger partial charge in [-0.15, -0.1) is 0 Å². The average molecular weight is 352 g/mol. The van der Waals surface area contributed by atoms with Crippen LogP contribution in [0.2, 0.25) is 5.15 Å². The van der Waals surface area contributed by atoms with Gasteiger partial charge in [0, 0.05) is 18.9 Å². The SMILES string of the molecule is CC(C)(C)OC(=O)NC1C=CC(CNNc2nccnc2Cl)=CC1. The number of rotatable bonds is 5. The van der Waals surface area contributed by atoms with Crippen molar-refractivity contribution in [1.82, 2.24) is 20.7 Å². The number of alkyl carbamates (subject to hydrolysis) is 1. The number of hydrazine groups is 1. The number of halogens is 1. The summed E-state index contributed by atoms with van der Waals surface area (Å²) in [6.07, 6.45) is 9.33. The van der Waals surface area contributed by atoms with E-state index in [2.05, 4.69) is 32.2 Å². The fourth-order valence-corrected chi connectivity index (χ4v) is 2.15. The molecule has 1 aliphatic carbocycles. The van der Waals surface area contributed by atoms with Gasteiger partial charge in [-0.25, -0.2) is 20.2 Å². The Bertz CT molecular complexity index is 640. The van der Waals surface area contributed by atoms with Crippen molar-refractivity contribution >= 4 is 23.5 Å². The van der Waals surface area contributed by atoms with Crippen LogP contribution in [0, 0.1) is 0 Å². The smallest absolute Gasteiger partial charge is 0.408 e. The molecule has 0 saturated carbocycles. The molecule has 1 aromatic rings. The van der Waals surface area contributed by atoms with Crippen molar-refractivity contribution in [3.8, 4) is 0 Å². The van der Waals surface area contributed by atoms with Crippen molar-refractivity contribution in [2.75, 3.05) is 12.0 Å². The van der Waals surface area contributed by atoms with E-state index >= 15 is 0 Å². The number of anilines is 1. The van der Waals surface area contributed by atoms with E-state index in [0.29, 0.717) is 23.9 Å². The predicted octanol–water partition coefficient (Wildman–Crippen LogP) is 2.83. The number of hydrogen-bond acceptors (Lipinski definition) is 6. The summed E-state index contributed by atoms with van der Waals surface area (Å²) in [6, 6.07) is -0.0639. The van der Waals surface area contributed by atoms with Gasteiger partial charge >= 0.3 is 6.09 Å². The van der Waals surface area contributed by atoms with Crippen molar-refractivity contribution < 1.29 is 9.53 Å². The second kappa shape index (κ2) is 8.12. The molecule has 1 amide bonds. The first kappa shape index (κ1) is 18.2. The fraction of sp³-hybridized carbons (Fsp3) is 0.438. The van der Waals surface area contributed by atoms with Crippen molar-refractivity contribution in [2.45, 2.75) is 38.8 Å². The summed E-state index contributed by atoms with van der Waals surface area (Å²) in [7, 11) is 0. The summed E-state index contributed by atoms with van der Waals surface area (Å²) >= 11 is 5.90. The number of ether oxygens (including phenoxy) is 1. The van der Waals surface area contributed by atoms with Crippen LogP contribution in [0.1, 0.15) is 27.2 Å². The van der Waals surface area contributed by atoms with Crippen molar-refractivity contribution in [1.29, 1.82) is 0 Å². The van der Waals surface area contributed by atoms with Gasteiger partial charge in [0.1, 0.15) is 5.60 Å². The van der Waals surface area contributed by atoms with Gasteiger partial charge in [0.15, 0.2) is 11.0 Å². The Balaban J connectivity index is 1.73. The van der Waals surface area contributed by atoms with Gasteiger partial charge in [-0.3, -0.25) is 0 Å². The van der Waals surface area contributed by atoms with Gasteiger partial charge in [0.25, 0.3) is 0 Å². The highest BCUT2D eigenvalue weighted by Gasteiger charge is 2.18. The molecule has 0 aliphatic heterocycles. The lowest BCUT2D eigenvalue weighted by molar-refractivity contribution is 0.0514. The van der Waals surface area contributed by atoms with Crippen molar-refractivity contribution in [3.63, 3.8) is 0 Å². The molecule has 1 aromatic heterocycles. The third-order valence-electron chi connectivity index (χ3n) is 3.03. The molecule has 130 valence electrons. The second-order valence-electron chi connectivity index (χ2n) is 6.30. The Hall–Kier alpha value is -2.12. The minimum Gasteiger partial charge on any atom is -0.444 e. The molecule has 8 heteroatoms. The molecule has 2 rings (SSSR count). The Labute approximate surface area is 146 Å². The molecule has 1 atom stereocenters. The van der Waals surface area contributed by atoms with Gasteiger partial charge in [0.05, 0.1) is 6.04 Å². The molecule has 0 bridgehead atoms. The van der Waals surface area contributed by atoms with E-state index in [9.17, 15) is 4.79 Å². The van der Waals surface area contributed by atoms with E-state index in [1.807, 2.05) is 32.9 Å². The van der Waals surface area contributed by atoms with Crippen LogP contribution >= 0.6 is 11.6 Å². The number of nitrogens with one attached hydrogen (secondary N) is 3. The van der Waals surface area contributed by atoms with Gasteiger partial charge in [-0.05, 0) is 32.8 Å². The third-order valence-corrected chi connectivity index (χ3v) is 3.31. The number of carbonyl (C=O) groups excluding carboxylic acids is 1. The first-order valence-corrected chi connectivity index (χ1v) is 8.03. The predicted molar refractivity (Wildman–Crippen MR) is 93.7 cm³/mol. The molecular formula is C16H22ClN5O2. The fourth-order valence-electron chi connectivity index (χ4n) is 2.00. The highest BCUT2D eigenvalue weighted by molar-refractivity contribution is 6.31. The maximum absolute atomic E-state index is 11.7. The van der Waals surface area contributed by atoms with E-state index in [0.717, 1.165) is 5.57 Å². The lowest BCUT2D eigenvalue weighted by Gasteiger charge is -2.23. The molecule has 0 radical (unpaired) electrons. The number of amides is 1. The van der Waals surface area contributed by atoms with Gasteiger partial charge < -0.3 is 15.5 Å². The second-order valence-corrected chi connectivity index (χ2v) is 6.66. The maximum Gasteiger partial charge on any atom is 0.408 e. The first-order valence-electron chi connectivity index (χ1n) is 7.65. The molecule has 24 heavy (non-hydrogen) atoms.